The van der Waals surface area contributed by atoms with Crippen molar-refractivity contribution in [2.24, 2.45) is 0 Å². The average molecular weight is 353 g/mol. The number of ether oxygens (including phenoxy) is 1. The van der Waals surface area contributed by atoms with Crippen LogP contribution in [0, 0.1) is 0 Å². The normalized spacial score (nSPS) is 18.8. The Labute approximate surface area is 140 Å². The second-order valence-electron chi connectivity index (χ2n) is 5.51. The van der Waals surface area contributed by atoms with Gasteiger partial charge >= 0.3 is 5.97 Å². The number of hydrogen-bond donors (Lipinski definition) is 1. The highest BCUT2D eigenvalue weighted by molar-refractivity contribution is 7.91. The summed E-state index contributed by atoms with van der Waals surface area (Å²) in [4.78, 5) is 24.8. The van der Waals surface area contributed by atoms with Gasteiger partial charge in [0.15, 0.2) is 16.4 Å². The Morgan fingerprint density at radius 2 is 2.17 bits per heavy atom. The second kappa shape index (κ2) is 7.48. The van der Waals surface area contributed by atoms with Crippen LogP contribution in [-0.4, -0.2) is 61.0 Å². The number of amides is 1. The number of carbonyl (C=O) groups is 2. The second-order valence-corrected chi connectivity index (χ2v) is 7.74. The van der Waals surface area contributed by atoms with Crippen LogP contribution in [0.1, 0.15) is 16.8 Å². The lowest BCUT2D eigenvalue weighted by atomic mass is 10.1. The van der Waals surface area contributed by atoms with E-state index in [0.717, 1.165) is 0 Å². The molecule has 1 atom stereocenters. The van der Waals surface area contributed by atoms with Gasteiger partial charge in [0, 0.05) is 18.2 Å². The molecule has 7 nitrogen and oxygen atoms in total. The third-order valence-corrected chi connectivity index (χ3v) is 5.43. The first kappa shape index (κ1) is 18.0. The predicted octanol–water partition coefficient (Wildman–Crippen LogP) is 0.965. The summed E-state index contributed by atoms with van der Waals surface area (Å²) in [6, 6.07) is 5.78. The fourth-order valence-corrected chi connectivity index (χ4v) is 4.32. The molecule has 0 aliphatic carbocycles. The molecule has 1 N–H and O–H groups in total. The number of benzene rings is 1. The molecule has 0 saturated carbocycles. The van der Waals surface area contributed by atoms with Crippen molar-refractivity contribution in [2.45, 2.75) is 12.5 Å². The summed E-state index contributed by atoms with van der Waals surface area (Å²) in [6.45, 7) is 3.35. The van der Waals surface area contributed by atoms with Crippen LogP contribution in [0.5, 0.6) is 5.75 Å². The number of aliphatic carboxylic acids is 1. The molecule has 0 spiro atoms. The smallest absolute Gasteiger partial charge is 0.341 e. The van der Waals surface area contributed by atoms with Gasteiger partial charge in [0.1, 0.15) is 5.75 Å². The van der Waals surface area contributed by atoms with Crippen LogP contribution >= 0.6 is 0 Å². The molecule has 1 aromatic carbocycles. The number of carboxylic acids is 1. The van der Waals surface area contributed by atoms with E-state index in [4.69, 9.17) is 9.84 Å². The van der Waals surface area contributed by atoms with Crippen LogP contribution < -0.4 is 4.74 Å². The molecule has 1 aromatic rings. The van der Waals surface area contributed by atoms with Crippen molar-refractivity contribution in [2.75, 3.05) is 24.7 Å². The molecule has 24 heavy (non-hydrogen) atoms. The highest BCUT2D eigenvalue weighted by atomic mass is 32.2. The number of nitrogens with zero attached hydrogens (tertiary/aromatic N) is 1. The Morgan fingerprint density at radius 3 is 2.75 bits per heavy atom. The summed E-state index contributed by atoms with van der Waals surface area (Å²) < 4.78 is 28.4. The van der Waals surface area contributed by atoms with Crippen LogP contribution in [-0.2, 0) is 14.6 Å². The van der Waals surface area contributed by atoms with Crippen molar-refractivity contribution in [3.63, 3.8) is 0 Å². The van der Waals surface area contributed by atoms with Crippen molar-refractivity contribution in [1.82, 2.24) is 4.90 Å². The maximum atomic E-state index is 12.7. The zero-order valence-electron chi connectivity index (χ0n) is 13.1. The number of carbonyl (C=O) groups excluding carboxylic acids is 1. The van der Waals surface area contributed by atoms with Crippen molar-refractivity contribution in [1.29, 1.82) is 0 Å². The number of sulfone groups is 1. The molecule has 1 aliphatic rings. The Balaban J connectivity index is 2.19. The van der Waals surface area contributed by atoms with Crippen LogP contribution in [0.4, 0.5) is 0 Å². The molecular weight excluding hydrogens is 334 g/mol. The molecule has 1 aliphatic heterocycles. The Bertz CT molecular complexity index is 743. The minimum absolute atomic E-state index is 0.0538. The lowest BCUT2D eigenvalue weighted by Crippen LogP contribution is -2.41. The molecule has 2 rings (SSSR count). The fraction of sp³-hybridized carbons (Fsp3) is 0.375. The van der Waals surface area contributed by atoms with E-state index in [1.165, 1.54) is 11.0 Å². The van der Waals surface area contributed by atoms with Gasteiger partial charge in [0.25, 0.3) is 5.91 Å². The van der Waals surface area contributed by atoms with E-state index in [0.29, 0.717) is 12.0 Å². The lowest BCUT2D eigenvalue weighted by Gasteiger charge is -2.27. The highest BCUT2D eigenvalue weighted by Gasteiger charge is 2.34. The standard InChI is InChI=1S/C16H19NO6S/c1-2-7-17(13-6-8-24(21,22)11-13)16(20)12-4-3-5-14(9-12)23-10-15(18)19/h2-5,9,13H,1,6-8,10-11H2,(H,18,19). The van der Waals surface area contributed by atoms with Gasteiger partial charge in [-0.2, -0.15) is 0 Å². The van der Waals surface area contributed by atoms with E-state index in [1.807, 2.05) is 0 Å². The Hall–Kier alpha value is -2.35. The summed E-state index contributed by atoms with van der Waals surface area (Å²) in [7, 11) is -3.12. The topological polar surface area (TPSA) is 101 Å². The molecular formula is C16H19NO6S. The zero-order chi connectivity index (χ0) is 17.7. The van der Waals surface area contributed by atoms with Gasteiger partial charge < -0.3 is 14.7 Å². The molecule has 1 fully saturated rings. The van der Waals surface area contributed by atoms with Gasteiger partial charge in [0.05, 0.1) is 11.5 Å². The van der Waals surface area contributed by atoms with Gasteiger partial charge in [-0.05, 0) is 24.6 Å². The largest absolute Gasteiger partial charge is 0.482 e. The molecule has 1 unspecified atom stereocenters. The molecule has 0 aromatic heterocycles. The van der Waals surface area contributed by atoms with Crippen LogP contribution in [0.3, 0.4) is 0 Å². The molecule has 1 heterocycles. The van der Waals surface area contributed by atoms with Gasteiger partial charge in [-0.3, -0.25) is 4.79 Å². The van der Waals surface area contributed by atoms with Crippen molar-refractivity contribution in [3.8, 4) is 5.75 Å². The van der Waals surface area contributed by atoms with Gasteiger partial charge in [-0.1, -0.05) is 12.1 Å². The van der Waals surface area contributed by atoms with Crippen molar-refractivity contribution < 1.29 is 27.9 Å². The SMILES string of the molecule is C=CCN(C(=O)c1cccc(OCC(=O)O)c1)C1CCS(=O)(=O)C1. The minimum Gasteiger partial charge on any atom is -0.482 e. The Morgan fingerprint density at radius 1 is 1.42 bits per heavy atom. The number of hydrogen-bond acceptors (Lipinski definition) is 5. The van der Waals surface area contributed by atoms with Crippen LogP contribution in [0.2, 0.25) is 0 Å². The van der Waals surface area contributed by atoms with E-state index in [-0.39, 0.29) is 35.7 Å². The molecule has 0 bridgehead atoms. The van der Waals surface area contributed by atoms with Crippen molar-refractivity contribution >= 4 is 21.7 Å². The summed E-state index contributed by atoms with van der Waals surface area (Å²) in [5.74, 6) is -1.17. The number of carboxylic acid groups (broad SMARTS) is 1. The summed E-state index contributed by atoms with van der Waals surface area (Å²) >= 11 is 0. The van der Waals surface area contributed by atoms with Gasteiger partial charge in [-0.25, -0.2) is 13.2 Å². The molecule has 0 radical (unpaired) electrons. The molecule has 1 amide bonds. The van der Waals surface area contributed by atoms with E-state index >= 15 is 0 Å². The number of rotatable bonds is 7. The summed E-state index contributed by atoms with van der Waals surface area (Å²) in [5, 5.41) is 8.64. The van der Waals surface area contributed by atoms with Gasteiger partial charge in [0.2, 0.25) is 0 Å². The first-order valence-electron chi connectivity index (χ1n) is 7.39. The maximum Gasteiger partial charge on any atom is 0.341 e. The van der Waals surface area contributed by atoms with Crippen molar-refractivity contribution in [3.05, 3.63) is 42.5 Å². The Kier molecular flexibility index (Phi) is 5.61. The van der Waals surface area contributed by atoms with E-state index < -0.39 is 22.4 Å². The molecule has 1 saturated heterocycles. The molecule has 8 heteroatoms. The molecule has 130 valence electrons. The summed E-state index contributed by atoms with van der Waals surface area (Å²) in [5.41, 5.74) is 0.309. The summed E-state index contributed by atoms with van der Waals surface area (Å²) in [6.07, 6.45) is 1.95. The average Bonchev–Trinajstić information content (AvgIpc) is 2.90. The predicted molar refractivity (Wildman–Crippen MR) is 87.9 cm³/mol. The van der Waals surface area contributed by atoms with Crippen LogP contribution in [0.15, 0.2) is 36.9 Å². The van der Waals surface area contributed by atoms with E-state index in [2.05, 4.69) is 6.58 Å². The monoisotopic (exact) mass is 353 g/mol. The van der Waals surface area contributed by atoms with Gasteiger partial charge in [-0.15, -0.1) is 6.58 Å². The highest BCUT2D eigenvalue weighted by Crippen LogP contribution is 2.21. The first-order valence-corrected chi connectivity index (χ1v) is 9.21. The third-order valence-electron chi connectivity index (χ3n) is 3.68. The first-order chi connectivity index (χ1) is 11.3. The third kappa shape index (κ3) is 4.58. The van der Waals surface area contributed by atoms with Crippen LogP contribution in [0.25, 0.3) is 0 Å². The quantitative estimate of drug-likeness (QED) is 0.733. The minimum atomic E-state index is -3.12. The lowest BCUT2D eigenvalue weighted by molar-refractivity contribution is -0.139. The fourth-order valence-electron chi connectivity index (χ4n) is 2.59. The zero-order valence-corrected chi connectivity index (χ0v) is 13.9. The maximum absolute atomic E-state index is 12.7. The van der Waals surface area contributed by atoms with E-state index in [1.54, 1.807) is 24.3 Å². The van der Waals surface area contributed by atoms with E-state index in [9.17, 15) is 18.0 Å².